The highest BCUT2D eigenvalue weighted by Crippen LogP contribution is 2.28. The van der Waals surface area contributed by atoms with E-state index in [0.717, 1.165) is 6.07 Å². The van der Waals surface area contributed by atoms with E-state index in [1.807, 2.05) is 0 Å². The topological polar surface area (TPSA) is 53.4 Å². The molecule has 0 aliphatic carbocycles. The van der Waals surface area contributed by atoms with E-state index in [0.29, 0.717) is 28.3 Å². The Labute approximate surface area is 155 Å². The number of methoxy groups -OCH3 is 2. The van der Waals surface area contributed by atoms with Crippen molar-refractivity contribution in [3.05, 3.63) is 77.4 Å². The summed E-state index contributed by atoms with van der Waals surface area (Å²) in [6.45, 7) is 0.256. The predicted octanol–water partition coefficient (Wildman–Crippen LogP) is 3.65. The molecule has 0 aliphatic heterocycles. The van der Waals surface area contributed by atoms with Gasteiger partial charge >= 0.3 is 0 Å². The van der Waals surface area contributed by atoms with Crippen molar-refractivity contribution in [2.24, 2.45) is 0 Å². The quantitative estimate of drug-likeness (QED) is 0.594. The van der Waals surface area contributed by atoms with Gasteiger partial charge in [0.2, 0.25) is 0 Å². The Bertz CT molecular complexity index is 949. The van der Waals surface area contributed by atoms with E-state index >= 15 is 0 Å². The number of carbonyl (C=O) groups excluding carboxylic acids is 1. The number of aromatic nitrogens is 2. The second-order valence-corrected chi connectivity index (χ2v) is 5.98. The first-order valence-electron chi connectivity index (χ1n) is 8.19. The van der Waals surface area contributed by atoms with Crippen LogP contribution in [0.5, 0.6) is 11.5 Å². The SMILES string of the molecule is COc1ccc(C(=O)Cc2cn(Cc3cc(F)cc(F)c3)cn2)cc1OC. The van der Waals surface area contributed by atoms with Crippen LogP contribution in [0.25, 0.3) is 0 Å². The van der Waals surface area contributed by atoms with Gasteiger partial charge in [0.25, 0.3) is 0 Å². The van der Waals surface area contributed by atoms with Crippen LogP contribution in [0.15, 0.2) is 48.9 Å². The first kappa shape index (κ1) is 18.6. The Morgan fingerprint density at radius 3 is 2.41 bits per heavy atom. The summed E-state index contributed by atoms with van der Waals surface area (Å²) in [6, 6.07) is 8.30. The number of halogens is 2. The van der Waals surface area contributed by atoms with Crippen LogP contribution < -0.4 is 9.47 Å². The van der Waals surface area contributed by atoms with Gasteiger partial charge in [-0.15, -0.1) is 0 Å². The van der Waals surface area contributed by atoms with Gasteiger partial charge in [0.15, 0.2) is 17.3 Å². The molecule has 0 atom stereocenters. The lowest BCUT2D eigenvalue weighted by Gasteiger charge is -2.08. The number of benzene rings is 2. The van der Waals surface area contributed by atoms with Crippen LogP contribution in [0.2, 0.25) is 0 Å². The third kappa shape index (κ3) is 4.49. The molecule has 7 heteroatoms. The molecule has 0 bridgehead atoms. The van der Waals surface area contributed by atoms with Gasteiger partial charge in [-0.2, -0.15) is 0 Å². The molecule has 0 unspecified atom stereocenters. The van der Waals surface area contributed by atoms with Crippen molar-refractivity contribution >= 4 is 5.78 Å². The smallest absolute Gasteiger partial charge is 0.169 e. The molecule has 1 aromatic heterocycles. The van der Waals surface area contributed by atoms with E-state index in [1.54, 1.807) is 29.0 Å². The number of imidazole rings is 1. The largest absolute Gasteiger partial charge is 0.493 e. The molecule has 5 nitrogen and oxygen atoms in total. The number of ketones is 1. The summed E-state index contributed by atoms with van der Waals surface area (Å²) in [5.41, 5.74) is 1.52. The van der Waals surface area contributed by atoms with Crippen LogP contribution in [-0.4, -0.2) is 29.6 Å². The summed E-state index contributed by atoms with van der Waals surface area (Å²) < 4.78 is 38.6. The van der Waals surface area contributed by atoms with Gasteiger partial charge in [-0.05, 0) is 35.9 Å². The van der Waals surface area contributed by atoms with Gasteiger partial charge in [0.05, 0.1) is 32.7 Å². The zero-order valence-electron chi connectivity index (χ0n) is 14.9. The normalized spacial score (nSPS) is 10.7. The molecule has 3 aromatic rings. The van der Waals surface area contributed by atoms with Crippen LogP contribution in [-0.2, 0) is 13.0 Å². The predicted molar refractivity (Wildman–Crippen MR) is 95.3 cm³/mol. The molecule has 0 saturated heterocycles. The summed E-state index contributed by atoms with van der Waals surface area (Å²) in [7, 11) is 3.03. The van der Waals surface area contributed by atoms with Crippen LogP contribution in [0.1, 0.15) is 21.6 Å². The number of carbonyl (C=O) groups is 1. The van der Waals surface area contributed by atoms with E-state index in [2.05, 4.69) is 4.98 Å². The van der Waals surface area contributed by atoms with Crippen LogP contribution >= 0.6 is 0 Å². The van der Waals surface area contributed by atoms with E-state index in [1.165, 1.54) is 32.7 Å². The van der Waals surface area contributed by atoms with E-state index in [9.17, 15) is 13.6 Å². The average Bonchev–Trinajstić information content (AvgIpc) is 3.06. The van der Waals surface area contributed by atoms with Crippen molar-refractivity contribution in [3.63, 3.8) is 0 Å². The third-order valence-electron chi connectivity index (χ3n) is 4.02. The lowest BCUT2D eigenvalue weighted by Crippen LogP contribution is -2.05. The molecule has 0 N–H and O–H groups in total. The number of rotatable bonds is 7. The standard InChI is InChI=1S/C20H18F2N2O3/c1-26-19-4-3-14(7-20(19)27-2)18(25)9-17-11-24(12-23-17)10-13-5-15(21)8-16(22)6-13/h3-8,11-12H,9-10H2,1-2H3. The fourth-order valence-electron chi connectivity index (χ4n) is 2.77. The first-order chi connectivity index (χ1) is 13.0. The number of hydrogen-bond donors (Lipinski definition) is 0. The number of ether oxygens (including phenoxy) is 2. The Balaban J connectivity index is 1.71. The van der Waals surface area contributed by atoms with Gasteiger partial charge < -0.3 is 14.0 Å². The summed E-state index contributed by atoms with van der Waals surface area (Å²) in [6.07, 6.45) is 3.31. The minimum atomic E-state index is -0.631. The highest BCUT2D eigenvalue weighted by molar-refractivity contribution is 5.97. The van der Waals surface area contributed by atoms with Gasteiger partial charge in [0.1, 0.15) is 11.6 Å². The molecule has 140 valence electrons. The minimum absolute atomic E-state index is 0.0972. The van der Waals surface area contributed by atoms with Crippen molar-refractivity contribution in [3.8, 4) is 11.5 Å². The first-order valence-corrected chi connectivity index (χ1v) is 8.19. The van der Waals surface area contributed by atoms with E-state index in [-0.39, 0.29) is 18.7 Å². The Hall–Kier alpha value is -3.22. The van der Waals surface area contributed by atoms with Crippen LogP contribution in [0.4, 0.5) is 8.78 Å². The second kappa shape index (κ2) is 7.99. The summed E-state index contributed by atoms with van der Waals surface area (Å²) in [4.78, 5) is 16.7. The number of Topliss-reactive ketones (excluding diaryl/α,β-unsaturated/α-hetero) is 1. The lowest BCUT2D eigenvalue weighted by atomic mass is 10.1. The van der Waals surface area contributed by atoms with Crippen molar-refractivity contribution < 1.29 is 23.0 Å². The fraction of sp³-hybridized carbons (Fsp3) is 0.200. The maximum absolute atomic E-state index is 13.3. The van der Waals surface area contributed by atoms with Gasteiger partial charge in [-0.1, -0.05) is 0 Å². The average molecular weight is 372 g/mol. The Morgan fingerprint density at radius 2 is 1.74 bits per heavy atom. The van der Waals surface area contributed by atoms with Crippen LogP contribution in [0.3, 0.4) is 0 Å². The zero-order chi connectivity index (χ0) is 19.4. The summed E-state index contributed by atoms with van der Waals surface area (Å²) in [5.74, 6) is -0.372. The molecule has 0 saturated carbocycles. The maximum atomic E-state index is 13.3. The molecule has 3 rings (SSSR count). The number of nitrogens with zero attached hydrogens (tertiary/aromatic N) is 2. The molecular weight excluding hydrogens is 354 g/mol. The number of hydrogen-bond acceptors (Lipinski definition) is 4. The zero-order valence-corrected chi connectivity index (χ0v) is 14.9. The molecule has 0 fully saturated rings. The van der Waals surface area contributed by atoms with Crippen molar-refractivity contribution in [2.45, 2.75) is 13.0 Å². The fourth-order valence-corrected chi connectivity index (χ4v) is 2.77. The van der Waals surface area contributed by atoms with Crippen LogP contribution in [0, 0.1) is 11.6 Å². The summed E-state index contributed by atoms with van der Waals surface area (Å²) >= 11 is 0. The molecule has 27 heavy (non-hydrogen) atoms. The van der Waals surface area contributed by atoms with Crippen molar-refractivity contribution in [1.29, 1.82) is 0 Å². The van der Waals surface area contributed by atoms with E-state index in [4.69, 9.17) is 9.47 Å². The molecular formula is C20H18F2N2O3. The van der Waals surface area contributed by atoms with Gasteiger partial charge in [0, 0.05) is 24.4 Å². The Morgan fingerprint density at radius 1 is 1.04 bits per heavy atom. The van der Waals surface area contributed by atoms with Crippen molar-refractivity contribution in [1.82, 2.24) is 9.55 Å². The minimum Gasteiger partial charge on any atom is -0.493 e. The molecule has 0 radical (unpaired) electrons. The molecule has 2 aromatic carbocycles. The summed E-state index contributed by atoms with van der Waals surface area (Å²) in [5, 5.41) is 0. The lowest BCUT2D eigenvalue weighted by molar-refractivity contribution is 0.0991. The van der Waals surface area contributed by atoms with Gasteiger partial charge in [-0.25, -0.2) is 13.8 Å². The molecule has 1 heterocycles. The Kier molecular flexibility index (Phi) is 5.49. The monoisotopic (exact) mass is 372 g/mol. The maximum Gasteiger partial charge on any atom is 0.169 e. The second-order valence-electron chi connectivity index (χ2n) is 5.98. The third-order valence-corrected chi connectivity index (χ3v) is 4.02. The molecule has 0 aliphatic rings. The molecule has 0 amide bonds. The van der Waals surface area contributed by atoms with Crippen molar-refractivity contribution in [2.75, 3.05) is 14.2 Å². The van der Waals surface area contributed by atoms with Gasteiger partial charge in [-0.3, -0.25) is 4.79 Å². The highest BCUT2D eigenvalue weighted by atomic mass is 19.1. The molecule has 0 spiro atoms. The highest BCUT2D eigenvalue weighted by Gasteiger charge is 2.13. The van der Waals surface area contributed by atoms with E-state index < -0.39 is 11.6 Å².